The lowest BCUT2D eigenvalue weighted by Crippen LogP contribution is -2.21. The Morgan fingerprint density at radius 2 is 1.30 bits per heavy atom. The van der Waals surface area contributed by atoms with Crippen LogP contribution in [0.5, 0.6) is 0 Å². The van der Waals surface area contributed by atoms with Gasteiger partial charge in [0.2, 0.25) is 0 Å². The number of rotatable bonds is 4. The topological polar surface area (TPSA) is 37.3 Å². The van der Waals surface area contributed by atoms with Crippen LogP contribution in [-0.2, 0) is 4.57 Å². The van der Waals surface area contributed by atoms with Crippen molar-refractivity contribution in [2.24, 2.45) is 0 Å². The number of aliphatic hydroxyl groups excluding tert-OH is 1. The minimum atomic E-state index is -3.26. The van der Waals surface area contributed by atoms with Crippen molar-refractivity contribution in [3.05, 3.63) is 95.5 Å². The number of halogens is 1. The van der Waals surface area contributed by atoms with Crippen LogP contribution in [0, 0.1) is 0 Å². The van der Waals surface area contributed by atoms with Crippen molar-refractivity contribution in [1.82, 2.24) is 0 Å². The largest absolute Gasteiger partial charge is 0.380 e. The van der Waals surface area contributed by atoms with Gasteiger partial charge in [-0.25, -0.2) is 0 Å². The van der Waals surface area contributed by atoms with Crippen LogP contribution in [0.4, 0.5) is 0 Å². The molecule has 4 heteroatoms. The zero-order chi connectivity index (χ0) is 16.3. The van der Waals surface area contributed by atoms with Crippen molar-refractivity contribution in [3.8, 4) is 0 Å². The van der Waals surface area contributed by atoms with E-state index in [1.165, 1.54) is 0 Å². The molecule has 0 saturated carbocycles. The van der Waals surface area contributed by atoms with E-state index in [9.17, 15) is 9.67 Å². The lowest BCUT2D eigenvalue weighted by atomic mass is 10.2. The molecule has 3 aromatic rings. The van der Waals surface area contributed by atoms with Crippen LogP contribution in [0.1, 0.15) is 11.4 Å². The number of hydrogen-bond acceptors (Lipinski definition) is 2. The van der Waals surface area contributed by atoms with E-state index in [2.05, 4.69) is 0 Å². The predicted octanol–water partition coefficient (Wildman–Crippen LogP) is 4.35. The van der Waals surface area contributed by atoms with Crippen LogP contribution < -0.4 is 10.6 Å². The molecule has 0 saturated heterocycles. The van der Waals surface area contributed by atoms with Gasteiger partial charge in [0, 0.05) is 15.6 Å². The molecule has 0 fully saturated rings. The number of benzene rings is 3. The highest BCUT2D eigenvalue weighted by atomic mass is 35.5. The molecular formula is C19H16ClO2P. The van der Waals surface area contributed by atoms with Gasteiger partial charge in [-0.3, -0.25) is 0 Å². The highest BCUT2D eigenvalue weighted by Gasteiger charge is 2.36. The Balaban J connectivity index is 2.19. The minimum Gasteiger partial charge on any atom is -0.380 e. The van der Waals surface area contributed by atoms with Gasteiger partial charge in [0.1, 0.15) is 5.85 Å². The van der Waals surface area contributed by atoms with E-state index in [1.54, 1.807) is 48.5 Å². The molecular weight excluding hydrogens is 327 g/mol. The molecule has 1 atom stereocenters. The standard InChI is InChI=1S/C19H16ClO2P/c20-16-9-7-8-15(14-16)19(21)23(22,17-10-3-1-4-11-17)18-12-5-2-6-13-18/h1-14,19,21H. The monoisotopic (exact) mass is 342 g/mol. The Hall–Kier alpha value is -1.86. The van der Waals surface area contributed by atoms with Gasteiger partial charge in [0.25, 0.3) is 0 Å². The van der Waals surface area contributed by atoms with Gasteiger partial charge in [-0.2, -0.15) is 0 Å². The Kier molecular flexibility index (Phi) is 4.68. The lowest BCUT2D eigenvalue weighted by Gasteiger charge is -2.25. The fourth-order valence-corrected chi connectivity index (χ4v) is 5.48. The maximum Gasteiger partial charge on any atom is 0.174 e. The summed E-state index contributed by atoms with van der Waals surface area (Å²) >= 11 is 6.03. The summed E-state index contributed by atoms with van der Waals surface area (Å²) < 4.78 is 13.9. The zero-order valence-corrected chi connectivity index (χ0v) is 14.0. The third-order valence-electron chi connectivity index (χ3n) is 3.77. The minimum absolute atomic E-state index is 0.509. The first-order chi connectivity index (χ1) is 11.1. The van der Waals surface area contributed by atoms with Crippen LogP contribution in [0.25, 0.3) is 0 Å². The van der Waals surface area contributed by atoms with E-state index in [-0.39, 0.29) is 0 Å². The molecule has 0 aliphatic heterocycles. The van der Waals surface area contributed by atoms with Crippen molar-refractivity contribution in [3.63, 3.8) is 0 Å². The van der Waals surface area contributed by atoms with Gasteiger partial charge in [-0.15, -0.1) is 0 Å². The van der Waals surface area contributed by atoms with Crippen molar-refractivity contribution in [2.75, 3.05) is 0 Å². The van der Waals surface area contributed by atoms with Crippen LogP contribution in [0.15, 0.2) is 84.9 Å². The van der Waals surface area contributed by atoms with E-state index >= 15 is 0 Å². The molecule has 0 aliphatic rings. The van der Waals surface area contributed by atoms with Gasteiger partial charge in [0.15, 0.2) is 7.14 Å². The maximum atomic E-state index is 13.9. The van der Waals surface area contributed by atoms with E-state index in [0.29, 0.717) is 21.2 Å². The Morgan fingerprint density at radius 1 is 0.783 bits per heavy atom. The average molecular weight is 343 g/mol. The smallest absolute Gasteiger partial charge is 0.174 e. The van der Waals surface area contributed by atoms with E-state index in [0.717, 1.165) is 0 Å². The molecule has 0 aromatic heterocycles. The Morgan fingerprint density at radius 3 is 1.78 bits per heavy atom. The molecule has 0 amide bonds. The highest BCUT2D eigenvalue weighted by Crippen LogP contribution is 2.55. The number of hydrogen-bond donors (Lipinski definition) is 1. The van der Waals surface area contributed by atoms with Crippen molar-refractivity contribution < 1.29 is 9.67 Å². The first kappa shape index (κ1) is 16.0. The second-order valence-corrected chi connectivity index (χ2v) is 8.53. The van der Waals surface area contributed by atoms with Gasteiger partial charge in [-0.05, 0) is 17.7 Å². The van der Waals surface area contributed by atoms with E-state index in [4.69, 9.17) is 11.6 Å². The van der Waals surface area contributed by atoms with Crippen molar-refractivity contribution >= 4 is 29.4 Å². The molecule has 116 valence electrons. The Labute approximate surface area is 140 Å². The average Bonchev–Trinajstić information content (AvgIpc) is 2.62. The molecule has 0 heterocycles. The fourth-order valence-electron chi connectivity index (χ4n) is 2.61. The summed E-state index contributed by atoms with van der Waals surface area (Å²) in [5.74, 6) is -1.15. The normalized spacial score (nSPS) is 12.8. The fraction of sp³-hybridized carbons (Fsp3) is 0.0526. The molecule has 3 rings (SSSR count). The summed E-state index contributed by atoms with van der Waals surface area (Å²) in [4.78, 5) is 0. The molecule has 0 aliphatic carbocycles. The predicted molar refractivity (Wildman–Crippen MR) is 96.2 cm³/mol. The molecule has 0 spiro atoms. The van der Waals surface area contributed by atoms with E-state index < -0.39 is 13.0 Å². The zero-order valence-electron chi connectivity index (χ0n) is 12.3. The molecule has 2 nitrogen and oxygen atoms in total. The van der Waals surface area contributed by atoms with Gasteiger partial charge in [0.05, 0.1) is 0 Å². The lowest BCUT2D eigenvalue weighted by molar-refractivity contribution is 0.257. The van der Waals surface area contributed by atoms with Crippen LogP contribution in [0.2, 0.25) is 5.02 Å². The molecule has 23 heavy (non-hydrogen) atoms. The summed E-state index contributed by atoms with van der Waals surface area (Å²) in [5, 5.41) is 12.7. The number of aliphatic hydroxyl groups is 1. The second kappa shape index (κ2) is 6.72. The van der Waals surface area contributed by atoms with Gasteiger partial charge < -0.3 is 9.67 Å². The second-order valence-electron chi connectivity index (χ2n) is 5.26. The molecule has 3 aromatic carbocycles. The summed E-state index contributed by atoms with van der Waals surface area (Å²) in [6, 6.07) is 25.1. The van der Waals surface area contributed by atoms with Gasteiger partial charge >= 0.3 is 0 Å². The molecule has 0 radical (unpaired) electrons. The summed E-state index contributed by atoms with van der Waals surface area (Å²) in [6.45, 7) is 0. The summed E-state index contributed by atoms with van der Waals surface area (Å²) in [7, 11) is -3.26. The molecule has 1 unspecified atom stereocenters. The molecule has 1 N–H and O–H groups in total. The molecule has 0 bridgehead atoms. The van der Waals surface area contributed by atoms with Crippen molar-refractivity contribution in [2.45, 2.75) is 5.85 Å². The van der Waals surface area contributed by atoms with Crippen molar-refractivity contribution in [1.29, 1.82) is 0 Å². The summed E-state index contributed by atoms with van der Waals surface area (Å²) in [6.07, 6.45) is 0. The maximum absolute atomic E-state index is 13.9. The SMILES string of the molecule is O=P(c1ccccc1)(c1ccccc1)C(O)c1cccc(Cl)c1. The van der Waals surface area contributed by atoms with E-state index in [1.807, 2.05) is 36.4 Å². The quantitative estimate of drug-likeness (QED) is 0.716. The van der Waals surface area contributed by atoms with Crippen LogP contribution in [0.3, 0.4) is 0 Å². The van der Waals surface area contributed by atoms with Gasteiger partial charge in [-0.1, -0.05) is 84.4 Å². The third kappa shape index (κ3) is 3.11. The Bertz CT molecular complexity index is 791. The van der Waals surface area contributed by atoms with Crippen LogP contribution >= 0.6 is 18.7 Å². The third-order valence-corrected chi connectivity index (χ3v) is 7.12. The van der Waals surface area contributed by atoms with Crippen LogP contribution in [-0.4, -0.2) is 5.11 Å². The first-order valence-corrected chi connectivity index (χ1v) is 9.42. The highest BCUT2D eigenvalue weighted by molar-refractivity contribution is 7.78. The summed E-state index contributed by atoms with van der Waals surface area (Å²) in [5.41, 5.74) is 0.550. The first-order valence-electron chi connectivity index (χ1n) is 7.27.